The summed E-state index contributed by atoms with van der Waals surface area (Å²) >= 11 is 7.98. The molecular weight excluding hydrogens is 305 g/mol. The molecule has 21 heavy (non-hydrogen) atoms. The molecule has 1 fully saturated rings. The molecule has 4 heteroatoms. The summed E-state index contributed by atoms with van der Waals surface area (Å²) in [5, 5.41) is 4.69. The average Bonchev–Trinajstić information content (AvgIpc) is 2.99. The van der Waals surface area contributed by atoms with Crippen molar-refractivity contribution >= 4 is 23.4 Å². The molecule has 1 aliphatic rings. The van der Waals surface area contributed by atoms with Crippen LogP contribution >= 0.6 is 23.4 Å². The predicted molar refractivity (Wildman–Crippen MR) is 91.9 cm³/mol. The molecule has 0 radical (unpaired) electrons. The van der Waals surface area contributed by atoms with E-state index < -0.39 is 0 Å². The van der Waals surface area contributed by atoms with Crippen molar-refractivity contribution in [3.05, 3.63) is 34.6 Å². The highest BCUT2D eigenvalue weighted by Crippen LogP contribution is 2.30. The topological polar surface area (TPSA) is 12.0 Å². The zero-order chi connectivity index (χ0) is 15.1. The summed E-state index contributed by atoms with van der Waals surface area (Å²) in [7, 11) is 0. The van der Waals surface area contributed by atoms with E-state index in [4.69, 9.17) is 11.6 Å². The molecule has 0 heterocycles. The average molecular weight is 330 g/mol. The van der Waals surface area contributed by atoms with E-state index in [1.807, 2.05) is 6.07 Å². The van der Waals surface area contributed by atoms with Crippen molar-refractivity contribution in [1.82, 2.24) is 5.32 Å². The summed E-state index contributed by atoms with van der Waals surface area (Å²) in [6.45, 7) is 3.22. The van der Waals surface area contributed by atoms with Gasteiger partial charge in [-0.15, -0.1) is 0 Å². The number of nitrogens with one attached hydrogen (secondary N) is 1. The lowest BCUT2D eigenvalue weighted by atomic mass is 10.1. The van der Waals surface area contributed by atoms with Crippen molar-refractivity contribution in [3.63, 3.8) is 0 Å². The lowest BCUT2D eigenvalue weighted by Gasteiger charge is -2.20. The largest absolute Gasteiger partial charge is 0.313 e. The van der Waals surface area contributed by atoms with Crippen LogP contribution in [0.2, 0.25) is 5.02 Å². The first-order chi connectivity index (χ1) is 10.2. The van der Waals surface area contributed by atoms with Gasteiger partial charge in [0.05, 0.1) is 5.02 Å². The SMILES string of the molecule is CCCNC(CSC1CCCC1)Cc1ccc(F)c(Cl)c1. The summed E-state index contributed by atoms with van der Waals surface area (Å²) in [5.74, 6) is 0.790. The first-order valence-electron chi connectivity index (χ1n) is 7.98. The lowest BCUT2D eigenvalue weighted by molar-refractivity contribution is 0.548. The third kappa shape index (κ3) is 5.80. The molecule has 1 aliphatic carbocycles. The van der Waals surface area contributed by atoms with Crippen LogP contribution in [0.3, 0.4) is 0 Å². The molecule has 0 bridgehead atoms. The summed E-state index contributed by atoms with van der Waals surface area (Å²) in [6, 6.07) is 5.52. The van der Waals surface area contributed by atoms with E-state index >= 15 is 0 Å². The first-order valence-corrected chi connectivity index (χ1v) is 9.40. The number of halogens is 2. The second kappa shape index (κ2) is 9.02. The molecule has 2 rings (SSSR count). The van der Waals surface area contributed by atoms with E-state index in [1.54, 1.807) is 6.07 Å². The fourth-order valence-electron chi connectivity index (χ4n) is 2.80. The Bertz CT molecular complexity index is 435. The maximum absolute atomic E-state index is 13.2. The molecule has 1 aromatic rings. The maximum atomic E-state index is 13.2. The molecule has 1 unspecified atom stereocenters. The van der Waals surface area contributed by atoms with Gasteiger partial charge in [-0.3, -0.25) is 0 Å². The number of benzene rings is 1. The summed E-state index contributed by atoms with van der Waals surface area (Å²) < 4.78 is 13.2. The Morgan fingerprint density at radius 2 is 2.14 bits per heavy atom. The third-order valence-corrected chi connectivity index (χ3v) is 5.81. The van der Waals surface area contributed by atoms with E-state index in [0.29, 0.717) is 6.04 Å². The number of thioether (sulfide) groups is 1. The maximum Gasteiger partial charge on any atom is 0.141 e. The second-order valence-electron chi connectivity index (χ2n) is 5.84. The normalized spacial score (nSPS) is 17.3. The molecule has 1 N–H and O–H groups in total. The predicted octanol–water partition coefficient (Wildman–Crippen LogP) is 5.07. The quantitative estimate of drug-likeness (QED) is 0.715. The molecule has 1 aromatic carbocycles. The van der Waals surface area contributed by atoms with Crippen LogP contribution in [-0.2, 0) is 6.42 Å². The number of hydrogen-bond donors (Lipinski definition) is 1. The van der Waals surface area contributed by atoms with E-state index in [-0.39, 0.29) is 10.8 Å². The Morgan fingerprint density at radius 1 is 1.38 bits per heavy atom. The summed E-state index contributed by atoms with van der Waals surface area (Å²) in [4.78, 5) is 0. The van der Waals surface area contributed by atoms with Crippen molar-refractivity contribution in [1.29, 1.82) is 0 Å². The fourth-order valence-corrected chi connectivity index (χ4v) is 4.41. The molecule has 0 aliphatic heterocycles. The van der Waals surface area contributed by atoms with Crippen molar-refractivity contribution in [2.75, 3.05) is 12.3 Å². The monoisotopic (exact) mass is 329 g/mol. The third-order valence-electron chi connectivity index (χ3n) is 3.98. The molecule has 0 aromatic heterocycles. The Labute approximate surface area is 137 Å². The zero-order valence-corrected chi connectivity index (χ0v) is 14.3. The van der Waals surface area contributed by atoms with Crippen LogP contribution in [-0.4, -0.2) is 23.6 Å². The molecule has 118 valence electrons. The van der Waals surface area contributed by atoms with Crippen LogP contribution in [0.25, 0.3) is 0 Å². The summed E-state index contributed by atoms with van der Waals surface area (Å²) in [6.07, 6.45) is 7.56. The van der Waals surface area contributed by atoms with E-state index in [1.165, 1.54) is 31.7 Å². The van der Waals surface area contributed by atoms with Crippen LogP contribution < -0.4 is 5.32 Å². The second-order valence-corrected chi connectivity index (χ2v) is 7.58. The minimum Gasteiger partial charge on any atom is -0.313 e. The van der Waals surface area contributed by atoms with Crippen molar-refractivity contribution in [2.45, 2.75) is 56.7 Å². The van der Waals surface area contributed by atoms with Crippen molar-refractivity contribution in [2.24, 2.45) is 0 Å². The Kier molecular flexibility index (Phi) is 7.35. The Morgan fingerprint density at radius 3 is 2.81 bits per heavy atom. The van der Waals surface area contributed by atoms with Gasteiger partial charge in [-0.2, -0.15) is 11.8 Å². The molecule has 1 saturated carbocycles. The lowest BCUT2D eigenvalue weighted by Crippen LogP contribution is -2.34. The highest BCUT2D eigenvalue weighted by Gasteiger charge is 2.18. The molecule has 1 nitrogen and oxygen atoms in total. The highest BCUT2D eigenvalue weighted by atomic mass is 35.5. The van der Waals surface area contributed by atoms with Gasteiger partial charge in [0.1, 0.15) is 5.82 Å². The smallest absolute Gasteiger partial charge is 0.141 e. The number of rotatable bonds is 8. The van der Waals surface area contributed by atoms with Crippen molar-refractivity contribution < 1.29 is 4.39 Å². The van der Waals surface area contributed by atoms with Crippen LogP contribution in [0, 0.1) is 5.82 Å². The zero-order valence-electron chi connectivity index (χ0n) is 12.7. The van der Waals surface area contributed by atoms with E-state index in [2.05, 4.69) is 24.0 Å². The van der Waals surface area contributed by atoms with Gasteiger partial charge < -0.3 is 5.32 Å². The molecular formula is C17H25ClFNS. The van der Waals surface area contributed by atoms with Crippen LogP contribution in [0.15, 0.2) is 18.2 Å². The summed E-state index contributed by atoms with van der Waals surface area (Å²) in [5.41, 5.74) is 1.11. The standard InChI is InChI=1S/C17H25ClFNS/c1-2-9-20-14(12-21-15-5-3-4-6-15)10-13-7-8-17(19)16(18)11-13/h7-8,11,14-15,20H,2-6,9-10,12H2,1H3. The van der Waals surface area contributed by atoms with Gasteiger partial charge in [0.25, 0.3) is 0 Å². The fraction of sp³-hybridized carbons (Fsp3) is 0.647. The van der Waals surface area contributed by atoms with Gasteiger partial charge in [0, 0.05) is 17.0 Å². The van der Waals surface area contributed by atoms with E-state index in [9.17, 15) is 4.39 Å². The minimum absolute atomic E-state index is 0.227. The first kappa shape index (κ1) is 17.1. The van der Waals surface area contributed by atoms with E-state index in [0.717, 1.165) is 36.0 Å². The highest BCUT2D eigenvalue weighted by molar-refractivity contribution is 7.99. The van der Waals surface area contributed by atoms with Gasteiger partial charge in [-0.25, -0.2) is 4.39 Å². The van der Waals surface area contributed by atoms with Crippen molar-refractivity contribution in [3.8, 4) is 0 Å². The number of hydrogen-bond acceptors (Lipinski definition) is 2. The molecule has 0 amide bonds. The molecule has 0 saturated heterocycles. The van der Waals surface area contributed by atoms with Gasteiger partial charge >= 0.3 is 0 Å². The van der Waals surface area contributed by atoms with Crippen LogP contribution in [0.1, 0.15) is 44.6 Å². The molecule has 0 spiro atoms. The van der Waals surface area contributed by atoms with Crippen LogP contribution in [0.4, 0.5) is 4.39 Å². The Balaban J connectivity index is 1.89. The minimum atomic E-state index is -0.334. The van der Waals surface area contributed by atoms with Gasteiger partial charge in [0.15, 0.2) is 0 Å². The van der Waals surface area contributed by atoms with Gasteiger partial charge in [-0.05, 0) is 49.9 Å². The Hall–Kier alpha value is -0.250. The molecule has 1 atom stereocenters. The van der Waals surface area contributed by atoms with Gasteiger partial charge in [0.2, 0.25) is 0 Å². The van der Waals surface area contributed by atoms with Gasteiger partial charge in [-0.1, -0.05) is 37.4 Å². The van der Waals surface area contributed by atoms with Crippen LogP contribution in [0.5, 0.6) is 0 Å².